The number of aryl methyl sites for hydroxylation is 1. The predicted octanol–water partition coefficient (Wildman–Crippen LogP) is 1.29. The Morgan fingerprint density at radius 2 is 2.10 bits per heavy atom. The van der Waals surface area contributed by atoms with Crippen LogP contribution in [0.5, 0.6) is 0 Å². The molecule has 0 aliphatic carbocycles. The van der Waals surface area contributed by atoms with Gasteiger partial charge >= 0.3 is 5.97 Å². The monoisotopic (exact) mass is 316 g/mol. The number of nitrogens with zero attached hydrogens (tertiary/aromatic N) is 1. The maximum atomic E-state index is 12.1. The SMILES string of the molecule is CCC(CNS(=O)(=O)c1cc([N+](=O)[O-])ccc1C)C(=O)O. The van der Waals surface area contributed by atoms with Gasteiger partial charge in [0.2, 0.25) is 10.0 Å². The normalized spacial score (nSPS) is 12.9. The molecule has 0 spiro atoms. The number of nitrogens with one attached hydrogen (secondary N) is 1. The number of carboxylic acid groups (broad SMARTS) is 1. The van der Waals surface area contributed by atoms with Crippen molar-refractivity contribution in [1.82, 2.24) is 4.72 Å². The summed E-state index contributed by atoms with van der Waals surface area (Å²) in [5.74, 6) is -1.95. The number of carboxylic acids is 1. The highest BCUT2D eigenvalue weighted by Gasteiger charge is 2.23. The Kier molecular flexibility index (Phi) is 5.39. The van der Waals surface area contributed by atoms with E-state index < -0.39 is 26.8 Å². The lowest BCUT2D eigenvalue weighted by Gasteiger charge is -2.12. The van der Waals surface area contributed by atoms with Crippen molar-refractivity contribution in [2.45, 2.75) is 25.2 Å². The summed E-state index contributed by atoms with van der Waals surface area (Å²) in [4.78, 5) is 20.7. The second-order valence-corrected chi connectivity index (χ2v) is 6.24. The first-order valence-corrected chi connectivity index (χ1v) is 7.65. The standard InChI is InChI=1S/C12H16N2O6S/c1-3-9(12(15)16)7-13-21(19,20)11-6-10(14(17)18)5-4-8(11)2/h4-6,9,13H,3,7H2,1-2H3,(H,15,16). The molecule has 0 amide bonds. The van der Waals surface area contributed by atoms with Gasteiger partial charge in [-0.15, -0.1) is 0 Å². The Hall–Kier alpha value is -2.00. The van der Waals surface area contributed by atoms with Crippen molar-refractivity contribution in [3.05, 3.63) is 33.9 Å². The average molecular weight is 316 g/mol. The van der Waals surface area contributed by atoms with E-state index in [2.05, 4.69) is 4.72 Å². The third kappa shape index (κ3) is 4.23. The molecular weight excluding hydrogens is 300 g/mol. The molecule has 1 aromatic rings. The zero-order valence-corrected chi connectivity index (χ0v) is 12.4. The number of hydrogen-bond donors (Lipinski definition) is 2. The second-order valence-electron chi connectivity index (χ2n) is 4.50. The molecule has 1 rings (SSSR count). The molecule has 0 saturated heterocycles. The summed E-state index contributed by atoms with van der Waals surface area (Å²) in [7, 11) is -4.00. The summed E-state index contributed by atoms with van der Waals surface area (Å²) in [5.41, 5.74) is 0.00252. The van der Waals surface area contributed by atoms with Crippen LogP contribution in [0.2, 0.25) is 0 Å². The van der Waals surface area contributed by atoms with Crippen molar-refractivity contribution < 1.29 is 23.2 Å². The van der Waals surface area contributed by atoms with Crippen molar-refractivity contribution in [2.24, 2.45) is 5.92 Å². The number of benzene rings is 1. The Bertz CT molecular complexity index is 656. The minimum absolute atomic E-state index is 0.225. The molecule has 9 heteroatoms. The van der Waals surface area contributed by atoms with Crippen LogP contribution < -0.4 is 4.72 Å². The lowest BCUT2D eigenvalue weighted by atomic mass is 10.1. The fourth-order valence-electron chi connectivity index (χ4n) is 1.69. The van der Waals surface area contributed by atoms with Gasteiger partial charge in [0, 0.05) is 18.7 Å². The number of aliphatic carboxylic acids is 1. The van der Waals surface area contributed by atoms with Crippen LogP contribution in [0.1, 0.15) is 18.9 Å². The molecule has 0 saturated carbocycles. The van der Waals surface area contributed by atoms with Crippen LogP contribution in [0, 0.1) is 23.0 Å². The largest absolute Gasteiger partial charge is 0.481 e. The van der Waals surface area contributed by atoms with Crippen LogP contribution in [0.25, 0.3) is 0 Å². The minimum atomic E-state index is -4.00. The van der Waals surface area contributed by atoms with Crippen LogP contribution in [0.4, 0.5) is 5.69 Å². The Balaban J connectivity index is 3.05. The number of carbonyl (C=O) groups is 1. The van der Waals surface area contributed by atoms with Crippen molar-refractivity contribution in [3.63, 3.8) is 0 Å². The maximum absolute atomic E-state index is 12.1. The first-order valence-electron chi connectivity index (χ1n) is 6.16. The van der Waals surface area contributed by atoms with Gasteiger partial charge in [0.15, 0.2) is 0 Å². The van der Waals surface area contributed by atoms with E-state index >= 15 is 0 Å². The number of non-ortho nitro benzene ring substituents is 1. The molecule has 0 fully saturated rings. The predicted molar refractivity (Wildman–Crippen MR) is 74.4 cm³/mol. The highest BCUT2D eigenvalue weighted by Crippen LogP contribution is 2.21. The zero-order chi connectivity index (χ0) is 16.2. The smallest absolute Gasteiger partial charge is 0.307 e. The quantitative estimate of drug-likeness (QED) is 0.576. The van der Waals surface area contributed by atoms with Crippen LogP contribution in [-0.2, 0) is 14.8 Å². The molecule has 116 valence electrons. The highest BCUT2D eigenvalue weighted by atomic mass is 32.2. The average Bonchev–Trinajstić information content (AvgIpc) is 2.38. The summed E-state index contributed by atoms with van der Waals surface area (Å²) in [6.07, 6.45) is 0.270. The van der Waals surface area contributed by atoms with E-state index in [4.69, 9.17) is 5.11 Å². The summed E-state index contributed by atoms with van der Waals surface area (Å²) < 4.78 is 26.5. The van der Waals surface area contributed by atoms with Gasteiger partial charge in [0.25, 0.3) is 5.69 Å². The summed E-state index contributed by atoms with van der Waals surface area (Å²) in [6.45, 7) is 2.87. The van der Waals surface area contributed by atoms with E-state index in [-0.39, 0.29) is 23.5 Å². The van der Waals surface area contributed by atoms with Gasteiger partial charge in [0.1, 0.15) is 0 Å². The topological polar surface area (TPSA) is 127 Å². The van der Waals surface area contributed by atoms with E-state index in [0.29, 0.717) is 5.56 Å². The van der Waals surface area contributed by atoms with Crippen LogP contribution in [0.3, 0.4) is 0 Å². The molecule has 1 atom stereocenters. The zero-order valence-electron chi connectivity index (χ0n) is 11.6. The number of nitro benzene ring substituents is 1. The summed E-state index contributed by atoms with van der Waals surface area (Å²) >= 11 is 0. The molecule has 0 radical (unpaired) electrons. The lowest BCUT2D eigenvalue weighted by molar-refractivity contribution is -0.385. The van der Waals surface area contributed by atoms with Gasteiger partial charge in [-0.05, 0) is 18.9 Å². The van der Waals surface area contributed by atoms with Gasteiger partial charge in [-0.25, -0.2) is 13.1 Å². The molecule has 1 aromatic carbocycles. The molecule has 0 aromatic heterocycles. The van der Waals surface area contributed by atoms with Crippen LogP contribution in [-0.4, -0.2) is 31.0 Å². The van der Waals surface area contributed by atoms with E-state index in [9.17, 15) is 23.3 Å². The fourth-order valence-corrected chi connectivity index (χ4v) is 3.03. The van der Waals surface area contributed by atoms with E-state index in [1.807, 2.05) is 0 Å². The molecule has 0 heterocycles. The highest BCUT2D eigenvalue weighted by molar-refractivity contribution is 7.89. The molecule has 8 nitrogen and oxygen atoms in total. The first-order chi connectivity index (χ1) is 9.69. The van der Waals surface area contributed by atoms with Gasteiger partial charge in [-0.3, -0.25) is 14.9 Å². The molecule has 0 bridgehead atoms. The van der Waals surface area contributed by atoms with Crippen molar-refractivity contribution in [3.8, 4) is 0 Å². The van der Waals surface area contributed by atoms with Crippen molar-refractivity contribution in [1.29, 1.82) is 0 Å². The van der Waals surface area contributed by atoms with Crippen LogP contribution in [0.15, 0.2) is 23.1 Å². The number of rotatable bonds is 7. The summed E-state index contributed by atoms with van der Waals surface area (Å²) in [5, 5.41) is 19.6. The van der Waals surface area contributed by atoms with Crippen LogP contribution >= 0.6 is 0 Å². The Labute approximate surface area is 122 Å². The van der Waals surface area contributed by atoms with Crippen molar-refractivity contribution in [2.75, 3.05) is 6.54 Å². The van der Waals surface area contributed by atoms with Crippen molar-refractivity contribution >= 4 is 21.7 Å². The lowest BCUT2D eigenvalue weighted by Crippen LogP contribution is -2.33. The van der Waals surface area contributed by atoms with Gasteiger partial charge in [-0.1, -0.05) is 13.0 Å². The fraction of sp³-hybridized carbons (Fsp3) is 0.417. The molecule has 2 N–H and O–H groups in total. The molecular formula is C12H16N2O6S. The van der Waals surface area contributed by atoms with E-state index in [0.717, 1.165) is 6.07 Å². The maximum Gasteiger partial charge on any atom is 0.307 e. The minimum Gasteiger partial charge on any atom is -0.481 e. The van der Waals surface area contributed by atoms with E-state index in [1.54, 1.807) is 6.92 Å². The van der Waals surface area contributed by atoms with Gasteiger partial charge in [-0.2, -0.15) is 0 Å². The molecule has 0 aliphatic heterocycles. The summed E-state index contributed by atoms with van der Waals surface area (Å²) in [6, 6.07) is 3.50. The third-order valence-corrected chi connectivity index (χ3v) is 4.60. The van der Waals surface area contributed by atoms with Gasteiger partial charge in [0.05, 0.1) is 15.7 Å². The Morgan fingerprint density at radius 1 is 1.48 bits per heavy atom. The number of nitro groups is 1. The van der Waals surface area contributed by atoms with Gasteiger partial charge < -0.3 is 5.11 Å². The molecule has 1 unspecified atom stereocenters. The Morgan fingerprint density at radius 3 is 2.57 bits per heavy atom. The molecule has 0 aliphatic rings. The first kappa shape index (κ1) is 17.1. The second kappa shape index (κ2) is 6.64. The van der Waals surface area contributed by atoms with E-state index in [1.165, 1.54) is 19.1 Å². The number of hydrogen-bond acceptors (Lipinski definition) is 5. The third-order valence-electron chi connectivity index (χ3n) is 3.03. The number of sulfonamides is 1. The molecule has 21 heavy (non-hydrogen) atoms.